The molecule has 0 atom stereocenters. The molecule has 1 aliphatic rings. The Morgan fingerprint density at radius 1 is 1.04 bits per heavy atom. The standard InChI is InChI=1S/C18H18N2O5S/c21-26(22,20-9-11-23-12-10-20)15-7-5-14(6-8-15)24-13-18-19-16-3-1-2-4-17(16)25-18/h1-8H,9-13H2. The van der Waals surface area contributed by atoms with Gasteiger partial charge in [0.25, 0.3) is 0 Å². The van der Waals surface area contributed by atoms with E-state index < -0.39 is 10.0 Å². The molecule has 0 spiro atoms. The zero-order chi connectivity index (χ0) is 18.0. The topological polar surface area (TPSA) is 81.9 Å². The molecule has 0 N–H and O–H groups in total. The van der Waals surface area contributed by atoms with Crippen LogP contribution in [0.4, 0.5) is 0 Å². The lowest BCUT2D eigenvalue weighted by atomic mass is 10.3. The average Bonchev–Trinajstić information content (AvgIpc) is 3.10. The molecule has 1 aliphatic heterocycles. The van der Waals surface area contributed by atoms with Crippen molar-refractivity contribution in [2.45, 2.75) is 11.5 Å². The first-order chi connectivity index (χ1) is 12.6. The maximum Gasteiger partial charge on any atom is 0.243 e. The minimum Gasteiger partial charge on any atom is -0.484 e. The van der Waals surface area contributed by atoms with Crippen molar-refractivity contribution in [2.24, 2.45) is 0 Å². The number of ether oxygens (including phenoxy) is 2. The van der Waals surface area contributed by atoms with E-state index in [0.717, 1.165) is 5.52 Å². The highest BCUT2D eigenvalue weighted by Crippen LogP contribution is 2.22. The lowest BCUT2D eigenvalue weighted by molar-refractivity contribution is 0.0730. The van der Waals surface area contributed by atoms with Crippen LogP contribution < -0.4 is 4.74 Å². The molecular weight excluding hydrogens is 356 g/mol. The van der Waals surface area contributed by atoms with E-state index in [0.29, 0.717) is 43.5 Å². The summed E-state index contributed by atoms with van der Waals surface area (Å²) in [6.07, 6.45) is 0. The minimum atomic E-state index is -3.50. The van der Waals surface area contributed by atoms with Crippen LogP contribution in [0.15, 0.2) is 57.8 Å². The third kappa shape index (κ3) is 3.44. The third-order valence-corrected chi connectivity index (χ3v) is 6.04. The Hall–Kier alpha value is -2.42. The maximum absolute atomic E-state index is 12.6. The summed E-state index contributed by atoms with van der Waals surface area (Å²) in [4.78, 5) is 4.58. The van der Waals surface area contributed by atoms with E-state index in [2.05, 4.69) is 4.98 Å². The highest BCUT2D eigenvalue weighted by Gasteiger charge is 2.26. The fraction of sp³-hybridized carbons (Fsp3) is 0.278. The Balaban J connectivity index is 1.44. The molecule has 0 unspecified atom stereocenters. The summed E-state index contributed by atoms with van der Waals surface area (Å²) in [5, 5.41) is 0. The number of rotatable bonds is 5. The van der Waals surface area contributed by atoms with Crippen molar-refractivity contribution in [2.75, 3.05) is 26.3 Å². The van der Waals surface area contributed by atoms with Crippen LogP contribution in [0.1, 0.15) is 5.89 Å². The highest BCUT2D eigenvalue weighted by atomic mass is 32.2. The minimum absolute atomic E-state index is 0.171. The normalized spacial score (nSPS) is 16.0. The lowest BCUT2D eigenvalue weighted by Crippen LogP contribution is -2.40. The number of sulfonamides is 1. The predicted octanol–water partition coefficient (Wildman–Crippen LogP) is 2.43. The number of para-hydroxylation sites is 2. The van der Waals surface area contributed by atoms with Gasteiger partial charge in [0.05, 0.1) is 18.1 Å². The van der Waals surface area contributed by atoms with E-state index in [9.17, 15) is 8.42 Å². The van der Waals surface area contributed by atoms with Gasteiger partial charge in [-0.3, -0.25) is 0 Å². The molecule has 7 nitrogen and oxygen atoms in total. The molecule has 1 fully saturated rings. The van der Waals surface area contributed by atoms with Crippen molar-refractivity contribution in [1.82, 2.24) is 9.29 Å². The van der Waals surface area contributed by atoms with Gasteiger partial charge in [0.15, 0.2) is 12.2 Å². The number of morpholine rings is 1. The molecule has 0 radical (unpaired) electrons. The van der Waals surface area contributed by atoms with Gasteiger partial charge in [0, 0.05) is 13.1 Å². The number of fused-ring (bicyclic) bond motifs is 1. The van der Waals surface area contributed by atoms with Crippen LogP contribution in [0, 0.1) is 0 Å². The van der Waals surface area contributed by atoms with Crippen molar-refractivity contribution in [1.29, 1.82) is 0 Å². The Bertz CT molecular complexity index is 959. The smallest absolute Gasteiger partial charge is 0.243 e. The van der Waals surface area contributed by atoms with Crippen molar-refractivity contribution in [3.63, 3.8) is 0 Å². The Labute approximate surface area is 151 Å². The number of aromatic nitrogens is 1. The SMILES string of the molecule is O=S(=O)(c1ccc(OCc2nc3ccccc3o2)cc1)N1CCOCC1. The molecule has 4 rings (SSSR count). The number of hydrogen-bond donors (Lipinski definition) is 0. The molecule has 0 saturated carbocycles. The summed E-state index contributed by atoms with van der Waals surface area (Å²) in [6, 6.07) is 13.9. The number of nitrogens with zero attached hydrogens (tertiary/aromatic N) is 2. The van der Waals surface area contributed by atoms with Gasteiger partial charge >= 0.3 is 0 Å². The summed E-state index contributed by atoms with van der Waals surface area (Å²) in [7, 11) is -3.50. The average molecular weight is 374 g/mol. The van der Waals surface area contributed by atoms with Crippen LogP contribution in [0.2, 0.25) is 0 Å². The molecule has 2 aromatic carbocycles. The number of benzene rings is 2. The number of hydrogen-bond acceptors (Lipinski definition) is 6. The van der Waals surface area contributed by atoms with E-state index >= 15 is 0 Å². The second-order valence-corrected chi connectivity index (χ2v) is 7.79. The van der Waals surface area contributed by atoms with E-state index in [1.54, 1.807) is 24.3 Å². The van der Waals surface area contributed by atoms with Crippen LogP contribution in [0.3, 0.4) is 0 Å². The van der Waals surface area contributed by atoms with Crippen molar-refractivity contribution < 1.29 is 22.3 Å². The maximum atomic E-state index is 12.6. The molecule has 0 bridgehead atoms. The van der Waals surface area contributed by atoms with Crippen LogP contribution in [0.5, 0.6) is 5.75 Å². The molecule has 0 amide bonds. The summed E-state index contributed by atoms with van der Waals surface area (Å²) in [5.41, 5.74) is 1.48. The summed E-state index contributed by atoms with van der Waals surface area (Å²) in [6.45, 7) is 1.76. The van der Waals surface area contributed by atoms with Crippen molar-refractivity contribution in [3.8, 4) is 5.75 Å². The van der Waals surface area contributed by atoms with Gasteiger partial charge in [-0.25, -0.2) is 13.4 Å². The van der Waals surface area contributed by atoms with Crippen LogP contribution in [0.25, 0.3) is 11.1 Å². The lowest BCUT2D eigenvalue weighted by Gasteiger charge is -2.26. The van der Waals surface area contributed by atoms with Gasteiger partial charge in [-0.15, -0.1) is 0 Å². The second-order valence-electron chi connectivity index (χ2n) is 5.85. The molecule has 3 aromatic rings. The Kier molecular flexibility index (Phi) is 4.62. The van der Waals surface area contributed by atoms with Crippen molar-refractivity contribution in [3.05, 3.63) is 54.4 Å². The largest absolute Gasteiger partial charge is 0.484 e. The molecule has 8 heteroatoms. The van der Waals surface area contributed by atoms with E-state index in [4.69, 9.17) is 13.9 Å². The Morgan fingerprint density at radius 3 is 2.50 bits per heavy atom. The monoisotopic (exact) mass is 374 g/mol. The zero-order valence-electron chi connectivity index (χ0n) is 14.0. The van der Waals surface area contributed by atoms with E-state index in [1.807, 2.05) is 24.3 Å². The second kappa shape index (κ2) is 7.06. The summed E-state index contributed by atoms with van der Waals surface area (Å²) in [5.74, 6) is 1.02. The van der Waals surface area contributed by atoms with Crippen LogP contribution >= 0.6 is 0 Å². The fourth-order valence-electron chi connectivity index (χ4n) is 2.77. The molecule has 0 aliphatic carbocycles. The van der Waals surface area contributed by atoms with Crippen LogP contribution in [-0.4, -0.2) is 44.0 Å². The molecule has 26 heavy (non-hydrogen) atoms. The molecule has 2 heterocycles. The summed E-state index contributed by atoms with van der Waals surface area (Å²) < 4.78 is 43.1. The first-order valence-corrected chi connectivity index (χ1v) is 9.72. The van der Waals surface area contributed by atoms with Gasteiger partial charge in [0.1, 0.15) is 11.3 Å². The van der Waals surface area contributed by atoms with Gasteiger partial charge in [-0.1, -0.05) is 12.1 Å². The first kappa shape index (κ1) is 17.0. The van der Waals surface area contributed by atoms with E-state index in [1.165, 1.54) is 4.31 Å². The first-order valence-electron chi connectivity index (χ1n) is 8.28. The summed E-state index contributed by atoms with van der Waals surface area (Å²) >= 11 is 0. The zero-order valence-corrected chi connectivity index (χ0v) is 14.8. The number of oxazole rings is 1. The molecule has 136 valence electrons. The quantitative estimate of drug-likeness (QED) is 0.682. The van der Waals surface area contributed by atoms with Gasteiger partial charge < -0.3 is 13.9 Å². The van der Waals surface area contributed by atoms with Crippen molar-refractivity contribution >= 4 is 21.1 Å². The van der Waals surface area contributed by atoms with Gasteiger partial charge in [0.2, 0.25) is 15.9 Å². The van der Waals surface area contributed by atoms with Crippen LogP contribution in [-0.2, 0) is 21.4 Å². The Morgan fingerprint density at radius 2 is 1.77 bits per heavy atom. The van der Waals surface area contributed by atoms with Gasteiger partial charge in [-0.05, 0) is 36.4 Å². The highest BCUT2D eigenvalue weighted by molar-refractivity contribution is 7.89. The predicted molar refractivity (Wildman–Crippen MR) is 94.4 cm³/mol. The third-order valence-electron chi connectivity index (χ3n) is 4.13. The fourth-order valence-corrected chi connectivity index (χ4v) is 4.18. The van der Waals surface area contributed by atoms with E-state index in [-0.39, 0.29) is 11.5 Å². The molecular formula is C18H18N2O5S. The van der Waals surface area contributed by atoms with Gasteiger partial charge in [-0.2, -0.15) is 4.31 Å². The molecule has 1 aromatic heterocycles. The molecule has 1 saturated heterocycles.